The molecule has 0 aliphatic carbocycles. The number of amides is 1. The topological polar surface area (TPSA) is 92.5 Å². The lowest BCUT2D eigenvalue weighted by molar-refractivity contribution is -0.130. The summed E-state index contributed by atoms with van der Waals surface area (Å²) in [5.41, 5.74) is 8.23. The number of likely N-dealkylation sites (tertiary alicyclic amines) is 1. The third-order valence-electron chi connectivity index (χ3n) is 4.08. The predicted octanol–water partition coefficient (Wildman–Crippen LogP) is 0.840. The lowest BCUT2D eigenvalue weighted by Crippen LogP contribution is -2.35. The number of hydrogen-bond acceptors (Lipinski definition) is 4. The van der Waals surface area contributed by atoms with E-state index in [0.29, 0.717) is 29.1 Å². The van der Waals surface area contributed by atoms with Gasteiger partial charge in [0.1, 0.15) is 0 Å². The van der Waals surface area contributed by atoms with Crippen molar-refractivity contribution >= 4 is 15.9 Å². The van der Waals surface area contributed by atoms with Gasteiger partial charge in [0.15, 0.2) is 0 Å². The molecule has 1 aliphatic rings. The molecule has 1 heterocycles. The van der Waals surface area contributed by atoms with Gasteiger partial charge in [0, 0.05) is 32.1 Å². The van der Waals surface area contributed by atoms with Crippen molar-refractivity contribution in [3.8, 4) is 0 Å². The molecule has 1 atom stereocenters. The second-order valence-electron chi connectivity index (χ2n) is 6.26. The Morgan fingerprint density at radius 2 is 1.91 bits per heavy atom. The van der Waals surface area contributed by atoms with E-state index < -0.39 is 10.0 Å². The summed E-state index contributed by atoms with van der Waals surface area (Å²) in [4.78, 5) is 14.0. The average Bonchev–Trinajstić information content (AvgIpc) is 2.83. The lowest BCUT2D eigenvalue weighted by Gasteiger charge is -2.16. The van der Waals surface area contributed by atoms with Crippen molar-refractivity contribution in [2.45, 2.75) is 44.6 Å². The molecule has 0 saturated carbocycles. The maximum absolute atomic E-state index is 12.5. The van der Waals surface area contributed by atoms with E-state index in [1.807, 2.05) is 19.1 Å². The number of hydrogen-bond donors (Lipinski definition) is 2. The number of carbonyl (C=O) groups excluding carboxylic acids is 1. The smallest absolute Gasteiger partial charge is 0.241 e. The molecule has 1 aromatic carbocycles. The van der Waals surface area contributed by atoms with Gasteiger partial charge in [-0.3, -0.25) is 4.79 Å². The first-order valence-corrected chi connectivity index (χ1v) is 9.30. The largest absolute Gasteiger partial charge is 0.341 e. The van der Waals surface area contributed by atoms with Crippen LogP contribution in [0.25, 0.3) is 0 Å². The van der Waals surface area contributed by atoms with Crippen molar-refractivity contribution in [1.82, 2.24) is 9.62 Å². The second kappa shape index (κ2) is 6.98. The second-order valence-corrected chi connectivity index (χ2v) is 7.97. The highest BCUT2D eigenvalue weighted by molar-refractivity contribution is 7.89. The fraction of sp³-hybridized carbons (Fsp3) is 0.562. The molecule has 3 N–H and O–H groups in total. The molecule has 1 aromatic rings. The van der Waals surface area contributed by atoms with Crippen LogP contribution in [0, 0.1) is 20.8 Å². The molecule has 1 fully saturated rings. The summed E-state index contributed by atoms with van der Waals surface area (Å²) in [5, 5.41) is 0. The molecule has 23 heavy (non-hydrogen) atoms. The Morgan fingerprint density at radius 3 is 2.43 bits per heavy atom. The van der Waals surface area contributed by atoms with Gasteiger partial charge in [-0.2, -0.15) is 0 Å². The molecule has 7 heteroatoms. The molecule has 0 spiro atoms. The zero-order chi connectivity index (χ0) is 17.2. The minimum atomic E-state index is -3.61. The lowest BCUT2D eigenvalue weighted by atomic mass is 10.1. The van der Waals surface area contributed by atoms with Crippen molar-refractivity contribution in [1.29, 1.82) is 0 Å². The minimum absolute atomic E-state index is 0.0356. The third kappa shape index (κ3) is 4.31. The van der Waals surface area contributed by atoms with E-state index in [2.05, 4.69) is 4.72 Å². The highest BCUT2D eigenvalue weighted by Crippen LogP contribution is 2.21. The fourth-order valence-electron chi connectivity index (χ4n) is 3.13. The number of benzene rings is 1. The van der Waals surface area contributed by atoms with E-state index in [1.54, 1.807) is 18.7 Å². The number of nitrogens with two attached hydrogens (primary N) is 1. The van der Waals surface area contributed by atoms with Crippen LogP contribution < -0.4 is 10.5 Å². The molecule has 128 valence electrons. The zero-order valence-corrected chi connectivity index (χ0v) is 14.7. The number of aryl methyl sites for hydroxylation is 3. The first kappa shape index (κ1) is 17.9. The van der Waals surface area contributed by atoms with Crippen LogP contribution in [-0.2, 0) is 14.8 Å². The Hall–Kier alpha value is -1.44. The summed E-state index contributed by atoms with van der Waals surface area (Å²) in [7, 11) is -3.61. The molecule has 1 aliphatic heterocycles. The van der Waals surface area contributed by atoms with E-state index in [0.717, 1.165) is 12.0 Å². The maximum atomic E-state index is 12.5. The van der Waals surface area contributed by atoms with Crippen LogP contribution in [0.4, 0.5) is 0 Å². The quantitative estimate of drug-likeness (QED) is 0.831. The van der Waals surface area contributed by atoms with E-state index in [4.69, 9.17) is 5.73 Å². The number of sulfonamides is 1. The van der Waals surface area contributed by atoms with Gasteiger partial charge in [0.2, 0.25) is 15.9 Å². The molecule has 0 unspecified atom stereocenters. The van der Waals surface area contributed by atoms with Gasteiger partial charge in [0.25, 0.3) is 0 Å². The first-order chi connectivity index (χ1) is 10.7. The summed E-state index contributed by atoms with van der Waals surface area (Å²) in [6.45, 7) is 6.81. The van der Waals surface area contributed by atoms with E-state index in [-0.39, 0.29) is 24.9 Å². The van der Waals surface area contributed by atoms with Gasteiger partial charge in [-0.15, -0.1) is 0 Å². The van der Waals surface area contributed by atoms with Crippen molar-refractivity contribution in [3.63, 3.8) is 0 Å². The fourth-order valence-corrected chi connectivity index (χ4v) is 4.61. The third-order valence-corrected chi connectivity index (χ3v) is 5.85. The van der Waals surface area contributed by atoms with Crippen LogP contribution in [-0.4, -0.2) is 44.9 Å². The van der Waals surface area contributed by atoms with Crippen LogP contribution in [0.3, 0.4) is 0 Å². The van der Waals surface area contributed by atoms with E-state index in [1.165, 1.54) is 0 Å². The summed E-state index contributed by atoms with van der Waals surface area (Å²) in [6.07, 6.45) is 0.954. The number of nitrogens with zero attached hydrogens (tertiary/aromatic N) is 1. The van der Waals surface area contributed by atoms with Crippen molar-refractivity contribution < 1.29 is 13.2 Å². The maximum Gasteiger partial charge on any atom is 0.241 e. The summed E-state index contributed by atoms with van der Waals surface area (Å²) in [5.74, 6) is -0.0574. The highest BCUT2D eigenvalue weighted by Gasteiger charge is 2.24. The molecule has 6 nitrogen and oxygen atoms in total. The Labute approximate surface area is 138 Å². The molecule has 0 bridgehead atoms. The molecule has 0 aromatic heterocycles. The monoisotopic (exact) mass is 339 g/mol. The highest BCUT2D eigenvalue weighted by atomic mass is 32.2. The SMILES string of the molecule is Cc1cc(C)c(S(=O)(=O)NCCC(=O)N2CC[C@@H](N)C2)c(C)c1. The summed E-state index contributed by atoms with van der Waals surface area (Å²) >= 11 is 0. The summed E-state index contributed by atoms with van der Waals surface area (Å²) in [6, 6.07) is 3.73. The Balaban J connectivity index is 1.98. The average molecular weight is 339 g/mol. The zero-order valence-electron chi connectivity index (χ0n) is 13.9. The van der Waals surface area contributed by atoms with Gasteiger partial charge < -0.3 is 10.6 Å². The molecular weight excluding hydrogens is 314 g/mol. The van der Waals surface area contributed by atoms with Crippen molar-refractivity contribution in [2.24, 2.45) is 5.73 Å². The van der Waals surface area contributed by atoms with Crippen molar-refractivity contribution in [2.75, 3.05) is 19.6 Å². The minimum Gasteiger partial charge on any atom is -0.341 e. The van der Waals surface area contributed by atoms with Gasteiger partial charge >= 0.3 is 0 Å². The number of rotatable bonds is 5. The van der Waals surface area contributed by atoms with E-state index >= 15 is 0 Å². The number of nitrogens with one attached hydrogen (secondary N) is 1. The van der Waals surface area contributed by atoms with Gasteiger partial charge in [-0.25, -0.2) is 13.1 Å². The van der Waals surface area contributed by atoms with Gasteiger partial charge in [-0.1, -0.05) is 17.7 Å². The molecule has 1 saturated heterocycles. The molecule has 0 radical (unpaired) electrons. The van der Waals surface area contributed by atoms with Crippen LogP contribution >= 0.6 is 0 Å². The van der Waals surface area contributed by atoms with Gasteiger partial charge in [0.05, 0.1) is 4.90 Å². The number of carbonyl (C=O) groups is 1. The van der Waals surface area contributed by atoms with E-state index in [9.17, 15) is 13.2 Å². The molecular formula is C16H25N3O3S. The van der Waals surface area contributed by atoms with Crippen molar-refractivity contribution in [3.05, 3.63) is 28.8 Å². The van der Waals surface area contributed by atoms with Crippen LogP contribution in [0.2, 0.25) is 0 Å². The standard InChI is InChI=1S/C16H25N3O3S/c1-11-8-12(2)16(13(3)9-11)23(21,22)18-6-4-15(20)19-7-5-14(17)10-19/h8-9,14,18H,4-7,10,17H2,1-3H3/t14-/m1/s1. The normalized spacial score (nSPS) is 18.4. The van der Waals surface area contributed by atoms with Crippen LogP contribution in [0.5, 0.6) is 0 Å². The molecule has 2 rings (SSSR count). The Kier molecular flexibility index (Phi) is 5.44. The van der Waals surface area contributed by atoms with Crippen LogP contribution in [0.1, 0.15) is 29.5 Å². The summed E-state index contributed by atoms with van der Waals surface area (Å²) < 4.78 is 27.5. The first-order valence-electron chi connectivity index (χ1n) is 7.81. The van der Waals surface area contributed by atoms with Gasteiger partial charge in [-0.05, 0) is 38.3 Å². The van der Waals surface area contributed by atoms with Crippen LogP contribution in [0.15, 0.2) is 17.0 Å². The Morgan fingerprint density at radius 1 is 1.30 bits per heavy atom. The predicted molar refractivity (Wildman–Crippen MR) is 89.6 cm³/mol. The Bertz CT molecular complexity index is 678. The molecule has 1 amide bonds.